The van der Waals surface area contributed by atoms with E-state index < -0.39 is 5.60 Å². The Morgan fingerprint density at radius 1 is 1.25 bits per heavy atom. The maximum Gasteiger partial charge on any atom is 0.123 e. The molecule has 0 saturated heterocycles. The Labute approximate surface area is 125 Å². The fraction of sp³-hybridized carbons (Fsp3) is 0.600. The molecule has 0 spiro atoms. The minimum atomic E-state index is -0.659. The van der Waals surface area contributed by atoms with Gasteiger partial charge in [-0.05, 0) is 49.3 Å². The smallest absolute Gasteiger partial charge is 0.123 e. The molecule has 0 radical (unpaired) electrons. The van der Waals surface area contributed by atoms with Gasteiger partial charge in [0.15, 0.2) is 0 Å². The molecule has 0 aliphatic heterocycles. The monoisotopic (exact) mass is 303 g/mol. The minimum Gasteiger partial charge on any atom is -0.389 e. The van der Waals surface area contributed by atoms with Crippen molar-refractivity contribution < 1.29 is 14.2 Å². The van der Waals surface area contributed by atoms with E-state index in [1.807, 2.05) is 0 Å². The van der Waals surface area contributed by atoms with Crippen LogP contribution in [0.5, 0.6) is 0 Å². The van der Waals surface area contributed by atoms with E-state index in [1.54, 1.807) is 12.1 Å². The zero-order chi connectivity index (χ0) is 13.7. The Bertz CT molecular complexity index is 391. The van der Waals surface area contributed by atoms with Crippen LogP contribution in [0.15, 0.2) is 24.3 Å². The molecule has 0 unspecified atom stereocenters. The summed E-state index contributed by atoms with van der Waals surface area (Å²) in [5, 5.41) is 10.0. The summed E-state index contributed by atoms with van der Waals surface area (Å²) in [5.41, 5.74) is 5.88. The molecule has 0 amide bonds. The van der Waals surface area contributed by atoms with Crippen LogP contribution in [0.4, 0.5) is 4.39 Å². The van der Waals surface area contributed by atoms with Gasteiger partial charge in [0, 0.05) is 13.2 Å². The van der Waals surface area contributed by atoms with Gasteiger partial charge in [0.2, 0.25) is 0 Å². The second kappa shape index (κ2) is 7.93. The van der Waals surface area contributed by atoms with Crippen LogP contribution < -0.4 is 5.73 Å². The molecule has 3 nitrogen and oxygen atoms in total. The lowest BCUT2D eigenvalue weighted by atomic mass is 9.79. The van der Waals surface area contributed by atoms with E-state index in [0.717, 1.165) is 31.2 Å². The lowest BCUT2D eigenvalue weighted by molar-refractivity contribution is -0.0191. The van der Waals surface area contributed by atoms with Crippen molar-refractivity contribution in [2.24, 2.45) is 11.7 Å². The molecule has 1 aromatic rings. The van der Waals surface area contributed by atoms with Crippen LogP contribution >= 0.6 is 12.4 Å². The van der Waals surface area contributed by atoms with Crippen molar-refractivity contribution in [1.29, 1.82) is 0 Å². The number of halogens is 2. The summed E-state index contributed by atoms with van der Waals surface area (Å²) in [6.45, 7) is 1.55. The average Bonchev–Trinajstić information content (AvgIpc) is 2.43. The summed E-state index contributed by atoms with van der Waals surface area (Å²) in [6.07, 6.45) is 3.43. The number of nitrogens with two attached hydrogens (primary N) is 1. The number of benzene rings is 1. The van der Waals surface area contributed by atoms with Crippen molar-refractivity contribution in [2.75, 3.05) is 13.2 Å². The Morgan fingerprint density at radius 3 is 2.40 bits per heavy atom. The summed E-state index contributed by atoms with van der Waals surface area (Å²) in [5.74, 6) is 0.268. The number of ether oxygens (including phenoxy) is 1. The van der Waals surface area contributed by atoms with Crippen LogP contribution in [0.25, 0.3) is 0 Å². The van der Waals surface area contributed by atoms with E-state index in [-0.39, 0.29) is 18.2 Å². The van der Waals surface area contributed by atoms with Gasteiger partial charge in [-0.2, -0.15) is 0 Å². The molecule has 1 saturated carbocycles. The Balaban J connectivity index is 0.00000200. The standard InChI is InChI=1S/C15H22FNO2.ClH/c16-14-3-1-12(2-4-14)9-19-10-13-5-7-15(18,11-17)8-6-13;/h1-4,13,18H,5-11,17H2;1H/t13-,15-;. The first kappa shape index (κ1) is 17.4. The molecule has 1 aliphatic carbocycles. The fourth-order valence-electron chi connectivity index (χ4n) is 2.51. The van der Waals surface area contributed by atoms with Gasteiger partial charge >= 0.3 is 0 Å². The Kier molecular flexibility index (Phi) is 6.89. The average molecular weight is 304 g/mol. The molecule has 2 rings (SSSR count). The lowest BCUT2D eigenvalue weighted by Gasteiger charge is -2.34. The number of hydrogen-bond donors (Lipinski definition) is 2. The number of rotatable bonds is 5. The molecule has 0 bridgehead atoms. The van der Waals surface area contributed by atoms with Crippen molar-refractivity contribution in [2.45, 2.75) is 37.9 Å². The quantitative estimate of drug-likeness (QED) is 0.879. The zero-order valence-electron chi connectivity index (χ0n) is 11.6. The molecule has 0 aromatic heterocycles. The molecule has 5 heteroatoms. The van der Waals surface area contributed by atoms with Crippen molar-refractivity contribution >= 4 is 12.4 Å². The highest BCUT2D eigenvalue weighted by atomic mass is 35.5. The largest absolute Gasteiger partial charge is 0.389 e. The molecule has 1 aliphatic rings. The second-order valence-corrected chi connectivity index (χ2v) is 5.51. The van der Waals surface area contributed by atoms with Crippen LogP contribution in [0.3, 0.4) is 0 Å². The fourth-order valence-corrected chi connectivity index (χ4v) is 2.51. The Morgan fingerprint density at radius 2 is 1.85 bits per heavy atom. The summed E-state index contributed by atoms with van der Waals surface area (Å²) < 4.78 is 18.4. The maximum atomic E-state index is 12.7. The van der Waals surface area contributed by atoms with Crippen molar-refractivity contribution in [3.8, 4) is 0 Å². The van der Waals surface area contributed by atoms with E-state index in [1.165, 1.54) is 12.1 Å². The van der Waals surface area contributed by atoms with E-state index in [2.05, 4.69) is 0 Å². The van der Waals surface area contributed by atoms with Crippen LogP contribution in [-0.2, 0) is 11.3 Å². The molecule has 0 atom stereocenters. The van der Waals surface area contributed by atoms with Gasteiger partial charge in [-0.1, -0.05) is 12.1 Å². The van der Waals surface area contributed by atoms with Crippen LogP contribution in [0.2, 0.25) is 0 Å². The van der Waals surface area contributed by atoms with Gasteiger partial charge in [0.1, 0.15) is 5.82 Å². The number of aliphatic hydroxyl groups is 1. The predicted molar refractivity (Wildman–Crippen MR) is 79.3 cm³/mol. The molecule has 114 valence electrons. The molecule has 3 N–H and O–H groups in total. The Hall–Kier alpha value is -0.680. The van der Waals surface area contributed by atoms with Crippen molar-refractivity contribution in [1.82, 2.24) is 0 Å². The highest BCUT2D eigenvalue weighted by Gasteiger charge is 2.31. The van der Waals surface area contributed by atoms with E-state index >= 15 is 0 Å². The first-order chi connectivity index (χ1) is 9.11. The van der Waals surface area contributed by atoms with Crippen LogP contribution in [0.1, 0.15) is 31.2 Å². The third kappa shape index (κ3) is 5.02. The van der Waals surface area contributed by atoms with Gasteiger partial charge in [0.05, 0.1) is 12.2 Å². The second-order valence-electron chi connectivity index (χ2n) is 5.51. The highest BCUT2D eigenvalue weighted by molar-refractivity contribution is 5.85. The first-order valence-corrected chi connectivity index (χ1v) is 6.86. The molecule has 1 aromatic carbocycles. The summed E-state index contributed by atoms with van der Waals surface area (Å²) in [6, 6.07) is 6.37. The maximum absolute atomic E-state index is 12.7. The first-order valence-electron chi connectivity index (χ1n) is 6.86. The SMILES string of the molecule is Cl.NC[C@]1(O)CC[C@H](COCc2ccc(F)cc2)CC1. The lowest BCUT2D eigenvalue weighted by Crippen LogP contribution is -2.41. The van der Waals surface area contributed by atoms with Gasteiger partial charge in [-0.3, -0.25) is 0 Å². The third-order valence-corrected chi connectivity index (χ3v) is 3.95. The van der Waals surface area contributed by atoms with Crippen LogP contribution in [0, 0.1) is 11.7 Å². The van der Waals surface area contributed by atoms with Gasteiger partial charge < -0.3 is 15.6 Å². The molecular weight excluding hydrogens is 281 g/mol. The van der Waals surface area contributed by atoms with Gasteiger partial charge in [-0.15, -0.1) is 12.4 Å². The van der Waals surface area contributed by atoms with Gasteiger partial charge in [0.25, 0.3) is 0 Å². The molecule has 0 heterocycles. The summed E-state index contributed by atoms with van der Waals surface area (Å²) >= 11 is 0. The topological polar surface area (TPSA) is 55.5 Å². The molecule has 1 fully saturated rings. The van der Waals surface area contributed by atoms with Crippen molar-refractivity contribution in [3.63, 3.8) is 0 Å². The third-order valence-electron chi connectivity index (χ3n) is 3.95. The molecule has 20 heavy (non-hydrogen) atoms. The van der Waals surface area contributed by atoms with E-state index in [9.17, 15) is 9.50 Å². The van der Waals surface area contributed by atoms with Crippen molar-refractivity contribution in [3.05, 3.63) is 35.6 Å². The zero-order valence-corrected chi connectivity index (χ0v) is 12.4. The minimum absolute atomic E-state index is 0. The summed E-state index contributed by atoms with van der Waals surface area (Å²) in [4.78, 5) is 0. The number of hydrogen-bond acceptors (Lipinski definition) is 3. The summed E-state index contributed by atoms with van der Waals surface area (Å²) in [7, 11) is 0. The normalized spacial score (nSPS) is 26.1. The highest BCUT2D eigenvalue weighted by Crippen LogP contribution is 2.31. The van der Waals surface area contributed by atoms with E-state index in [4.69, 9.17) is 10.5 Å². The predicted octanol–water partition coefficient (Wildman–Crippen LogP) is 2.64. The molecular formula is C15H23ClFNO2. The van der Waals surface area contributed by atoms with Gasteiger partial charge in [-0.25, -0.2) is 4.39 Å². The van der Waals surface area contributed by atoms with Crippen LogP contribution in [-0.4, -0.2) is 23.9 Å². The van der Waals surface area contributed by atoms with E-state index in [0.29, 0.717) is 25.7 Å².